The van der Waals surface area contributed by atoms with Crippen molar-refractivity contribution in [2.75, 3.05) is 5.32 Å². The van der Waals surface area contributed by atoms with E-state index in [1.807, 2.05) is 0 Å². The van der Waals surface area contributed by atoms with Gasteiger partial charge in [0.05, 0.1) is 5.69 Å². The van der Waals surface area contributed by atoms with Crippen LogP contribution in [0, 0.1) is 5.92 Å². The molecule has 2 N–H and O–H groups in total. The maximum absolute atomic E-state index is 4.81. The second-order valence-corrected chi connectivity index (χ2v) is 7.26. The lowest BCUT2D eigenvalue weighted by atomic mass is 9.87. The Kier molecular flexibility index (Phi) is 3.62. The molecule has 4 rings (SSSR count). The van der Waals surface area contributed by atoms with Crippen molar-refractivity contribution in [3.05, 3.63) is 35.8 Å². The Morgan fingerprint density at radius 1 is 1.27 bits per heavy atom. The first kappa shape index (κ1) is 13.8. The number of aromatic amines is 1. The average Bonchev–Trinajstić information content (AvgIpc) is 3.13. The maximum Gasteiger partial charge on any atom is 0.183 e. The third-order valence-corrected chi connectivity index (χ3v) is 5.41. The van der Waals surface area contributed by atoms with Crippen molar-refractivity contribution in [1.29, 1.82) is 0 Å². The molecule has 114 valence electrons. The molecule has 4 heteroatoms. The van der Waals surface area contributed by atoms with Gasteiger partial charge in [-0.3, -0.25) is 0 Å². The molecule has 0 radical (unpaired) electrons. The first-order valence-electron chi connectivity index (χ1n) is 8.08. The van der Waals surface area contributed by atoms with Gasteiger partial charge in [-0.25, -0.2) is 4.98 Å². The van der Waals surface area contributed by atoms with Crippen molar-refractivity contribution in [2.24, 2.45) is 5.92 Å². The molecule has 1 fully saturated rings. The van der Waals surface area contributed by atoms with Crippen LogP contribution in [0.4, 0.5) is 5.13 Å². The smallest absolute Gasteiger partial charge is 0.183 e. The average molecular weight is 311 g/mol. The van der Waals surface area contributed by atoms with Gasteiger partial charge in [0.25, 0.3) is 0 Å². The van der Waals surface area contributed by atoms with Gasteiger partial charge in [-0.05, 0) is 24.8 Å². The van der Waals surface area contributed by atoms with Crippen LogP contribution in [-0.4, -0.2) is 16.0 Å². The Morgan fingerprint density at radius 2 is 2.18 bits per heavy atom. The highest BCUT2D eigenvalue weighted by Crippen LogP contribution is 2.32. The van der Waals surface area contributed by atoms with Gasteiger partial charge in [0, 0.05) is 34.1 Å². The minimum Gasteiger partial charge on any atom is -0.360 e. The number of H-pyrrole nitrogens is 1. The van der Waals surface area contributed by atoms with E-state index in [9.17, 15) is 0 Å². The van der Waals surface area contributed by atoms with Gasteiger partial charge < -0.3 is 10.3 Å². The largest absolute Gasteiger partial charge is 0.360 e. The van der Waals surface area contributed by atoms with Gasteiger partial charge in [0.15, 0.2) is 5.13 Å². The van der Waals surface area contributed by atoms with Gasteiger partial charge in [-0.1, -0.05) is 38.0 Å². The number of hydrogen-bond donors (Lipinski definition) is 2. The lowest BCUT2D eigenvalue weighted by Gasteiger charge is -2.27. The Balaban J connectivity index is 1.56. The van der Waals surface area contributed by atoms with Gasteiger partial charge in [0.2, 0.25) is 0 Å². The summed E-state index contributed by atoms with van der Waals surface area (Å²) < 4.78 is 0. The van der Waals surface area contributed by atoms with Crippen LogP contribution in [0.3, 0.4) is 0 Å². The fraction of sp³-hybridized carbons (Fsp3) is 0.389. The van der Waals surface area contributed by atoms with Crippen LogP contribution in [0.2, 0.25) is 0 Å². The van der Waals surface area contributed by atoms with E-state index in [4.69, 9.17) is 4.98 Å². The molecule has 22 heavy (non-hydrogen) atoms. The van der Waals surface area contributed by atoms with E-state index < -0.39 is 0 Å². The summed E-state index contributed by atoms with van der Waals surface area (Å²) in [6, 6.07) is 8.98. The molecule has 2 heterocycles. The highest BCUT2D eigenvalue weighted by molar-refractivity contribution is 7.14. The van der Waals surface area contributed by atoms with E-state index in [1.165, 1.54) is 42.1 Å². The van der Waals surface area contributed by atoms with Crippen molar-refractivity contribution in [3.63, 3.8) is 0 Å². The van der Waals surface area contributed by atoms with Gasteiger partial charge in [0.1, 0.15) is 0 Å². The van der Waals surface area contributed by atoms with E-state index in [-0.39, 0.29) is 0 Å². The minimum atomic E-state index is 0.589. The molecular formula is C18H21N3S. The predicted molar refractivity (Wildman–Crippen MR) is 94.4 cm³/mol. The van der Waals surface area contributed by atoms with Crippen LogP contribution in [-0.2, 0) is 0 Å². The number of thiazole rings is 1. The van der Waals surface area contributed by atoms with Crippen LogP contribution in [0.5, 0.6) is 0 Å². The van der Waals surface area contributed by atoms with Crippen LogP contribution in [0.1, 0.15) is 32.6 Å². The zero-order valence-electron chi connectivity index (χ0n) is 12.8. The normalized spacial score (nSPS) is 22.0. The molecule has 0 bridgehead atoms. The fourth-order valence-electron chi connectivity index (χ4n) is 3.49. The van der Waals surface area contributed by atoms with E-state index in [0.29, 0.717) is 6.04 Å². The summed E-state index contributed by atoms with van der Waals surface area (Å²) in [4.78, 5) is 8.14. The summed E-state index contributed by atoms with van der Waals surface area (Å²) in [5, 5.41) is 8.09. The summed E-state index contributed by atoms with van der Waals surface area (Å²) in [6.45, 7) is 2.35. The van der Waals surface area contributed by atoms with Crippen molar-refractivity contribution >= 4 is 27.4 Å². The van der Waals surface area contributed by atoms with E-state index in [2.05, 4.69) is 53.1 Å². The SMILES string of the molecule is CC1CCCC(Nc2nc(-c3c[nH]c4ccccc34)cs2)C1. The number of fused-ring (bicyclic) bond motifs is 1. The molecule has 0 aliphatic heterocycles. The molecule has 1 aliphatic carbocycles. The Bertz CT molecular complexity index is 773. The monoisotopic (exact) mass is 311 g/mol. The molecule has 2 aromatic heterocycles. The lowest BCUT2D eigenvalue weighted by molar-refractivity contribution is 0.358. The molecule has 1 aliphatic rings. The quantitative estimate of drug-likeness (QED) is 0.690. The van der Waals surface area contributed by atoms with Gasteiger partial charge in [-0.15, -0.1) is 11.3 Å². The fourth-order valence-corrected chi connectivity index (χ4v) is 4.28. The number of aromatic nitrogens is 2. The molecule has 2 unspecified atom stereocenters. The molecule has 0 amide bonds. The van der Waals surface area contributed by atoms with Crippen LogP contribution < -0.4 is 5.32 Å². The number of hydrogen-bond acceptors (Lipinski definition) is 3. The molecule has 3 aromatic rings. The molecule has 0 saturated heterocycles. The molecule has 3 nitrogen and oxygen atoms in total. The standard InChI is InChI=1S/C18H21N3S/c1-12-5-4-6-13(9-12)20-18-21-17(11-22-18)15-10-19-16-8-3-2-7-14(15)16/h2-3,7-8,10-13,19H,4-6,9H2,1H3,(H,20,21). The van der Waals surface area contributed by atoms with E-state index in [1.54, 1.807) is 11.3 Å². The molecule has 1 aromatic carbocycles. The van der Waals surface area contributed by atoms with E-state index >= 15 is 0 Å². The molecular weight excluding hydrogens is 290 g/mol. The summed E-state index contributed by atoms with van der Waals surface area (Å²) in [7, 11) is 0. The highest BCUT2D eigenvalue weighted by Gasteiger charge is 2.19. The third kappa shape index (κ3) is 2.63. The Hall–Kier alpha value is -1.81. The highest BCUT2D eigenvalue weighted by atomic mass is 32.1. The summed E-state index contributed by atoms with van der Waals surface area (Å²) in [5.41, 5.74) is 3.42. The first-order chi connectivity index (χ1) is 10.8. The zero-order valence-corrected chi connectivity index (χ0v) is 13.6. The third-order valence-electron chi connectivity index (χ3n) is 4.63. The maximum atomic E-state index is 4.81. The van der Waals surface area contributed by atoms with Crippen molar-refractivity contribution in [2.45, 2.75) is 38.6 Å². The minimum absolute atomic E-state index is 0.589. The lowest BCUT2D eigenvalue weighted by Crippen LogP contribution is -2.26. The molecule has 2 atom stereocenters. The molecule has 0 spiro atoms. The second kappa shape index (κ2) is 5.76. The first-order valence-corrected chi connectivity index (χ1v) is 8.96. The van der Waals surface area contributed by atoms with Crippen molar-refractivity contribution < 1.29 is 0 Å². The number of nitrogens with one attached hydrogen (secondary N) is 2. The summed E-state index contributed by atoms with van der Waals surface area (Å²) in [6.07, 6.45) is 7.30. The number of para-hydroxylation sites is 1. The summed E-state index contributed by atoms with van der Waals surface area (Å²) in [5.74, 6) is 0.833. The zero-order chi connectivity index (χ0) is 14.9. The Labute approximate surface area is 134 Å². The number of anilines is 1. The van der Waals surface area contributed by atoms with Crippen LogP contribution in [0.15, 0.2) is 35.8 Å². The van der Waals surface area contributed by atoms with Crippen LogP contribution >= 0.6 is 11.3 Å². The van der Waals surface area contributed by atoms with Crippen molar-refractivity contribution in [3.8, 4) is 11.3 Å². The number of nitrogens with zero attached hydrogens (tertiary/aromatic N) is 1. The van der Waals surface area contributed by atoms with Crippen molar-refractivity contribution in [1.82, 2.24) is 9.97 Å². The van der Waals surface area contributed by atoms with Crippen LogP contribution in [0.25, 0.3) is 22.2 Å². The predicted octanol–water partition coefficient (Wildman–Crippen LogP) is 5.28. The summed E-state index contributed by atoms with van der Waals surface area (Å²) >= 11 is 1.72. The number of benzene rings is 1. The van der Waals surface area contributed by atoms with E-state index in [0.717, 1.165) is 16.7 Å². The van der Waals surface area contributed by atoms with Gasteiger partial charge >= 0.3 is 0 Å². The topological polar surface area (TPSA) is 40.7 Å². The molecule has 1 saturated carbocycles. The van der Waals surface area contributed by atoms with Gasteiger partial charge in [-0.2, -0.15) is 0 Å². The second-order valence-electron chi connectivity index (χ2n) is 6.40. The number of rotatable bonds is 3. The Morgan fingerprint density at radius 3 is 3.09 bits per heavy atom.